The number of nitrogens with zero attached hydrogens (tertiary/aromatic N) is 4. The lowest BCUT2D eigenvalue weighted by Gasteiger charge is -2.08. The molecule has 6 N–H and O–H groups in total. The molecule has 5 aromatic rings. The summed E-state index contributed by atoms with van der Waals surface area (Å²) < 4.78 is 0. The van der Waals surface area contributed by atoms with E-state index in [1.807, 2.05) is 66.7 Å². The van der Waals surface area contributed by atoms with Gasteiger partial charge in [0.2, 0.25) is 0 Å². The standard InChI is InChI=1S/C22H18N8/c23-17-12-18(24)16(22-26-20(28-30-22)14-9-5-2-6-10-14)11-15(17)21-25-19(27-29-21)13-7-3-1-4-8-13/h1-12H,23-24H2,(H,25,27,29)(H,26,28,30). The minimum Gasteiger partial charge on any atom is -0.398 e. The number of H-pyrrole nitrogens is 2. The molecule has 0 saturated heterocycles. The second kappa shape index (κ2) is 7.17. The van der Waals surface area contributed by atoms with Crippen LogP contribution in [0.4, 0.5) is 11.4 Å². The fourth-order valence-corrected chi connectivity index (χ4v) is 3.24. The van der Waals surface area contributed by atoms with E-state index >= 15 is 0 Å². The third-order valence-electron chi connectivity index (χ3n) is 4.77. The van der Waals surface area contributed by atoms with Gasteiger partial charge in [-0.25, -0.2) is 9.97 Å². The zero-order valence-electron chi connectivity index (χ0n) is 15.9. The van der Waals surface area contributed by atoms with E-state index in [9.17, 15) is 0 Å². The smallest absolute Gasteiger partial charge is 0.181 e. The molecule has 0 fully saturated rings. The molecular formula is C22H18N8. The van der Waals surface area contributed by atoms with Crippen LogP contribution in [0.25, 0.3) is 45.6 Å². The fourth-order valence-electron chi connectivity index (χ4n) is 3.24. The molecule has 5 rings (SSSR count). The topological polar surface area (TPSA) is 135 Å². The zero-order chi connectivity index (χ0) is 20.5. The van der Waals surface area contributed by atoms with E-state index in [0.29, 0.717) is 45.8 Å². The second-order valence-electron chi connectivity index (χ2n) is 6.77. The summed E-state index contributed by atoms with van der Waals surface area (Å²) in [6.07, 6.45) is 0. The van der Waals surface area contributed by atoms with Crippen LogP contribution in [0.5, 0.6) is 0 Å². The molecule has 2 aromatic heterocycles. The van der Waals surface area contributed by atoms with Crippen LogP contribution in [0.2, 0.25) is 0 Å². The van der Waals surface area contributed by atoms with Crippen LogP contribution >= 0.6 is 0 Å². The van der Waals surface area contributed by atoms with Crippen molar-refractivity contribution in [3.05, 3.63) is 72.8 Å². The number of nitrogens with one attached hydrogen (secondary N) is 2. The van der Waals surface area contributed by atoms with Gasteiger partial charge in [-0.05, 0) is 12.1 Å². The van der Waals surface area contributed by atoms with E-state index in [0.717, 1.165) is 11.1 Å². The minimum absolute atomic E-state index is 0.495. The summed E-state index contributed by atoms with van der Waals surface area (Å²) >= 11 is 0. The molecule has 8 nitrogen and oxygen atoms in total. The molecule has 8 heteroatoms. The molecule has 0 bridgehead atoms. The fraction of sp³-hybridized carbons (Fsp3) is 0. The Kier molecular flexibility index (Phi) is 4.21. The lowest BCUT2D eigenvalue weighted by molar-refractivity contribution is 1.10. The van der Waals surface area contributed by atoms with Crippen LogP contribution in [0.1, 0.15) is 0 Å². The van der Waals surface area contributed by atoms with E-state index in [-0.39, 0.29) is 0 Å². The Labute approximate surface area is 172 Å². The van der Waals surface area contributed by atoms with Gasteiger partial charge >= 0.3 is 0 Å². The molecule has 3 aromatic carbocycles. The number of hydrogen-bond acceptors (Lipinski definition) is 6. The quantitative estimate of drug-likeness (QED) is 0.343. The van der Waals surface area contributed by atoms with Gasteiger partial charge in [0.05, 0.1) is 0 Å². The van der Waals surface area contributed by atoms with Crippen molar-refractivity contribution in [3.8, 4) is 45.6 Å². The van der Waals surface area contributed by atoms with Gasteiger partial charge in [0, 0.05) is 33.6 Å². The van der Waals surface area contributed by atoms with Gasteiger partial charge < -0.3 is 11.5 Å². The van der Waals surface area contributed by atoms with Crippen molar-refractivity contribution < 1.29 is 0 Å². The van der Waals surface area contributed by atoms with Gasteiger partial charge in [0.25, 0.3) is 0 Å². The number of hydrogen-bond donors (Lipinski definition) is 4. The Hall–Kier alpha value is -4.46. The lowest BCUT2D eigenvalue weighted by Crippen LogP contribution is -1.98. The maximum Gasteiger partial charge on any atom is 0.181 e. The van der Waals surface area contributed by atoms with Crippen LogP contribution in [-0.2, 0) is 0 Å². The molecular weight excluding hydrogens is 376 g/mol. The molecule has 0 aliphatic rings. The summed E-state index contributed by atoms with van der Waals surface area (Å²) in [5, 5.41) is 14.6. The first-order chi connectivity index (χ1) is 14.7. The first kappa shape index (κ1) is 17.6. The highest BCUT2D eigenvalue weighted by Crippen LogP contribution is 2.34. The lowest BCUT2D eigenvalue weighted by atomic mass is 10.1. The first-order valence-corrected chi connectivity index (χ1v) is 9.34. The van der Waals surface area contributed by atoms with Crippen molar-refractivity contribution in [1.29, 1.82) is 0 Å². The van der Waals surface area contributed by atoms with Crippen molar-refractivity contribution in [3.63, 3.8) is 0 Å². The minimum atomic E-state index is 0.495. The average molecular weight is 394 g/mol. The predicted octanol–water partition coefficient (Wildman–Crippen LogP) is 3.76. The van der Waals surface area contributed by atoms with Gasteiger partial charge in [-0.3, -0.25) is 10.2 Å². The van der Waals surface area contributed by atoms with Crippen LogP contribution in [0.15, 0.2) is 72.8 Å². The van der Waals surface area contributed by atoms with Gasteiger partial charge in [-0.15, -0.1) is 0 Å². The van der Waals surface area contributed by atoms with E-state index in [1.165, 1.54) is 0 Å². The Morgan fingerprint density at radius 2 is 1.00 bits per heavy atom. The normalized spacial score (nSPS) is 10.9. The van der Waals surface area contributed by atoms with Crippen molar-refractivity contribution in [1.82, 2.24) is 30.4 Å². The van der Waals surface area contributed by atoms with Crippen molar-refractivity contribution in [2.75, 3.05) is 11.5 Å². The first-order valence-electron chi connectivity index (χ1n) is 9.34. The number of nitrogen functional groups attached to an aromatic ring is 2. The van der Waals surface area contributed by atoms with Crippen molar-refractivity contribution >= 4 is 11.4 Å². The highest BCUT2D eigenvalue weighted by Gasteiger charge is 2.16. The maximum absolute atomic E-state index is 6.23. The summed E-state index contributed by atoms with van der Waals surface area (Å²) in [5.41, 5.74) is 16.7. The van der Waals surface area contributed by atoms with Crippen LogP contribution in [-0.4, -0.2) is 30.4 Å². The predicted molar refractivity (Wildman–Crippen MR) is 117 cm³/mol. The van der Waals surface area contributed by atoms with E-state index in [4.69, 9.17) is 11.5 Å². The van der Waals surface area contributed by atoms with E-state index < -0.39 is 0 Å². The van der Waals surface area contributed by atoms with Crippen LogP contribution < -0.4 is 11.5 Å². The Morgan fingerprint density at radius 3 is 1.43 bits per heavy atom. The molecule has 0 amide bonds. The second-order valence-corrected chi connectivity index (χ2v) is 6.77. The summed E-state index contributed by atoms with van der Waals surface area (Å²) in [4.78, 5) is 9.19. The van der Waals surface area contributed by atoms with Gasteiger partial charge in [-0.2, -0.15) is 10.2 Å². The Morgan fingerprint density at radius 1 is 0.567 bits per heavy atom. The largest absolute Gasteiger partial charge is 0.398 e. The monoisotopic (exact) mass is 394 g/mol. The molecule has 0 aliphatic carbocycles. The van der Waals surface area contributed by atoms with Gasteiger partial charge in [-0.1, -0.05) is 60.7 Å². The number of aromatic nitrogens is 6. The summed E-state index contributed by atoms with van der Waals surface area (Å²) in [7, 11) is 0. The van der Waals surface area contributed by atoms with Crippen molar-refractivity contribution in [2.24, 2.45) is 0 Å². The van der Waals surface area contributed by atoms with Crippen LogP contribution in [0, 0.1) is 0 Å². The van der Waals surface area contributed by atoms with Crippen molar-refractivity contribution in [2.45, 2.75) is 0 Å². The molecule has 2 heterocycles. The number of nitrogens with two attached hydrogens (primary N) is 2. The number of benzene rings is 3. The Balaban J connectivity index is 1.54. The maximum atomic E-state index is 6.23. The molecule has 0 unspecified atom stereocenters. The molecule has 0 spiro atoms. The van der Waals surface area contributed by atoms with Gasteiger partial charge in [0.15, 0.2) is 23.3 Å². The molecule has 0 saturated carbocycles. The number of aromatic amines is 2. The van der Waals surface area contributed by atoms with Crippen LogP contribution in [0.3, 0.4) is 0 Å². The molecule has 146 valence electrons. The van der Waals surface area contributed by atoms with E-state index in [2.05, 4.69) is 30.4 Å². The molecule has 0 atom stereocenters. The molecule has 0 radical (unpaired) electrons. The number of anilines is 2. The van der Waals surface area contributed by atoms with E-state index in [1.54, 1.807) is 6.07 Å². The summed E-state index contributed by atoms with van der Waals surface area (Å²) in [6, 6.07) is 23.0. The molecule has 0 aliphatic heterocycles. The summed E-state index contributed by atoms with van der Waals surface area (Å²) in [5.74, 6) is 2.29. The SMILES string of the molecule is Nc1cc(N)c(-c2nc(-c3ccccc3)n[nH]2)cc1-c1nc(-c2ccccc2)n[nH]1. The zero-order valence-corrected chi connectivity index (χ0v) is 15.9. The third kappa shape index (κ3) is 3.16. The third-order valence-corrected chi connectivity index (χ3v) is 4.77. The number of rotatable bonds is 4. The van der Waals surface area contributed by atoms with Gasteiger partial charge in [0.1, 0.15) is 0 Å². The highest BCUT2D eigenvalue weighted by molar-refractivity contribution is 5.85. The summed E-state index contributed by atoms with van der Waals surface area (Å²) in [6.45, 7) is 0. The highest BCUT2D eigenvalue weighted by atomic mass is 15.2. The Bertz CT molecular complexity index is 1210. The molecule has 30 heavy (non-hydrogen) atoms. The average Bonchev–Trinajstić information content (AvgIpc) is 3.46.